The van der Waals surface area contributed by atoms with E-state index in [9.17, 15) is 0 Å². The third-order valence-corrected chi connectivity index (χ3v) is 3.17. The Bertz CT molecular complexity index is 554. The zero-order valence-electron chi connectivity index (χ0n) is 11.1. The molecule has 1 heterocycles. The molecule has 0 aliphatic carbocycles. The maximum absolute atomic E-state index is 9.06. The van der Waals surface area contributed by atoms with Gasteiger partial charge in [0.1, 0.15) is 5.82 Å². The van der Waals surface area contributed by atoms with Gasteiger partial charge in [-0.15, -0.1) is 0 Å². The number of aryl methyl sites for hydroxylation is 1. The molecule has 0 aliphatic heterocycles. The fourth-order valence-electron chi connectivity index (χ4n) is 2.19. The SMILES string of the molecule is CNc1cnc(N(C)CCO)c2c(C)cccc12. The predicted octanol–water partition coefficient (Wildman–Crippen LogP) is 2.01. The lowest BCUT2D eigenvalue weighted by molar-refractivity contribution is 0.304. The highest BCUT2D eigenvalue weighted by molar-refractivity contribution is 6.02. The molecule has 4 nitrogen and oxygen atoms in total. The van der Waals surface area contributed by atoms with Gasteiger partial charge in [-0.25, -0.2) is 4.98 Å². The van der Waals surface area contributed by atoms with E-state index in [-0.39, 0.29) is 6.61 Å². The zero-order valence-corrected chi connectivity index (χ0v) is 11.1. The minimum atomic E-state index is 0.124. The second kappa shape index (κ2) is 5.23. The summed E-state index contributed by atoms with van der Waals surface area (Å²) >= 11 is 0. The van der Waals surface area contributed by atoms with Crippen LogP contribution in [-0.2, 0) is 0 Å². The van der Waals surface area contributed by atoms with E-state index in [1.807, 2.05) is 31.3 Å². The lowest BCUT2D eigenvalue weighted by atomic mass is 10.1. The van der Waals surface area contributed by atoms with Gasteiger partial charge in [0.05, 0.1) is 18.5 Å². The molecule has 96 valence electrons. The van der Waals surface area contributed by atoms with Crippen LogP contribution < -0.4 is 10.2 Å². The zero-order chi connectivity index (χ0) is 13.1. The molecular formula is C14H19N3O. The van der Waals surface area contributed by atoms with E-state index in [0.717, 1.165) is 22.3 Å². The van der Waals surface area contributed by atoms with Crippen molar-refractivity contribution < 1.29 is 5.11 Å². The number of anilines is 2. The maximum atomic E-state index is 9.06. The summed E-state index contributed by atoms with van der Waals surface area (Å²) in [4.78, 5) is 6.49. The standard InChI is InChI=1S/C14H19N3O/c1-10-5-4-6-11-12(15-2)9-16-14(13(10)11)17(3)7-8-18/h4-6,9,15,18H,7-8H2,1-3H3. The van der Waals surface area contributed by atoms with E-state index in [1.165, 1.54) is 5.56 Å². The molecule has 0 fully saturated rings. The molecule has 18 heavy (non-hydrogen) atoms. The Labute approximate surface area is 107 Å². The fourth-order valence-corrected chi connectivity index (χ4v) is 2.19. The Morgan fingerprint density at radius 3 is 2.83 bits per heavy atom. The number of fused-ring (bicyclic) bond motifs is 1. The lowest BCUT2D eigenvalue weighted by Gasteiger charge is -2.21. The summed E-state index contributed by atoms with van der Waals surface area (Å²) in [6, 6.07) is 6.22. The number of nitrogens with one attached hydrogen (secondary N) is 1. The Hall–Kier alpha value is -1.81. The van der Waals surface area contributed by atoms with Crippen molar-refractivity contribution in [2.75, 3.05) is 37.5 Å². The third-order valence-electron chi connectivity index (χ3n) is 3.17. The van der Waals surface area contributed by atoms with Gasteiger partial charge in [-0.1, -0.05) is 18.2 Å². The largest absolute Gasteiger partial charge is 0.395 e. The highest BCUT2D eigenvalue weighted by Crippen LogP contribution is 2.31. The Balaban J connectivity index is 2.68. The van der Waals surface area contributed by atoms with Gasteiger partial charge in [0, 0.05) is 31.4 Å². The lowest BCUT2D eigenvalue weighted by Crippen LogP contribution is -2.22. The van der Waals surface area contributed by atoms with Gasteiger partial charge in [-0.3, -0.25) is 0 Å². The number of rotatable bonds is 4. The van der Waals surface area contributed by atoms with Gasteiger partial charge in [0.2, 0.25) is 0 Å². The molecule has 1 aromatic heterocycles. The van der Waals surface area contributed by atoms with E-state index in [1.54, 1.807) is 0 Å². The first-order valence-electron chi connectivity index (χ1n) is 6.07. The van der Waals surface area contributed by atoms with Crippen LogP contribution in [0.2, 0.25) is 0 Å². The van der Waals surface area contributed by atoms with Crippen LogP contribution in [0.1, 0.15) is 5.56 Å². The highest BCUT2D eigenvalue weighted by atomic mass is 16.3. The normalized spacial score (nSPS) is 10.7. The van der Waals surface area contributed by atoms with Gasteiger partial charge < -0.3 is 15.3 Å². The first-order valence-corrected chi connectivity index (χ1v) is 6.07. The van der Waals surface area contributed by atoms with Gasteiger partial charge >= 0.3 is 0 Å². The third kappa shape index (κ3) is 2.11. The molecular weight excluding hydrogens is 226 g/mol. The fraction of sp³-hybridized carbons (Fsp3) is 0.357. The van der Waals surface area contributed by atoms with Crippen molar-refractivity contribution >= 4 is 22.3 Å². The van der Waals surface area contributed by atoms with Crippen molar-refractivity contribution in [2.24, 2.45) is 0 Å². The minimum Gasteiger partial charge on any atom is -0.395 e. The summed E-state index contributed by atoms with van der Waals surface area (Å²) < 4.78 is 0. The molecule has 2 aromatic rings. The summed E-state index contributed by atoms with van der Waals surface area (Å²) in [5.41, 5.74) is 2.21. The number of likely N-dealkylation sites (N-methyl/N-ethyl adjacent to an activating group) is 1. The predicted molar refractivity (Wildman–Crippen MR) is 76.4 cm³/mol. The number of benzene rings is 1. The first-order chi connectivity index (χ1) is 8.69. The highest BCUT2D eigenvalue weighted by Gasteiger charge is 2.11. The minimum absolute atomic E-state index is 0.124. The number of aliphatic hydroxyl groups excluding tert-OH is 1. The number of nitrogens with zero attached hydrogens (tertiary/aromatic N) is 2. The summed E-state index contributed by atoms with van der Waals surface area (Å²) in [7, 11) is 3.85. The first kappa shape index (κ1) is 12.6. The number of aliphatic hydroxyl groups is 1. The van der Waals surface area contributed by atoms with Crippen molar-refractivity contribution in [2.45, 2.75) is 6.92 Å². The van der Waals surface area contributed by atoms with Crippen LogP contribution in [0.4, 0.5) is 11.5 Å². The summed E-state index contributed by atoms with van der Waals surface area (Å²) in [6.45, 7) is 2.79. The number of aromatic nitrogens is 1. The van der Waals surface area contributed by atoms with Gasteiger partial charge in [-0.05, 0) is 12.5 Å². The van der Waals surface area contributed by atoms with Gasteiger partial charge in [0.25, 0.3) is 0 Å². The monoisotopic (exact) mass is 245 g/mol. The summed E-state index contributed by atoms with van der Waals surface area (Å²) in [6.07, 6.45) is 1.84. The van der Waals surface area contributed by atoms with Crippen LogP contribution in [-0.4, -0.2) is 37.3 Å². The molecule has 0 bridgehead atoms. The molecule has 0 unspecified atom stereocenters. The molecule has 0 atom stereocenters. The number of hydrogen-bond donors (Lipinski definition) is 2. The molecule has 0 saturated heterocycles. The van der Waals surface area contributed by atoms with Crippen LogP contribution in [0.3, 0.4) is 0 Å². The average molecular weight is 245 g/mol. The van der Waals surface area contributed by atoms with E-state index in [4.69, 9.17) is 5.11 Å². The summed E-state index contributed by atoms with van der Waals surface area (Å²) in [5, 5.41) is 14.5. The Kier molecular flexibility index (Phi) is 3.67. The topological polar surface area (TPSA) is 48.4 Å². The second-order valence-corrected chi connectivity index (χ2v) is 4.39. The van der Waals surface area contributed by atoms with Crippen LogP contribution in [0, 0.1) is 6.92 Å². The van der Waals surface area contributed by atoms with Crippen LogP contribution >= 0.6 is 0 Å². The van der Waals surface area contributed by atoms with Gasteiger partial charge in [-0.2, -0.15) is 0 Å². The molecule has 4 heteroatoms. The second-order valence-electron chi connectivity index (χ2n) is 4.39. The molecule has 0 radical (unpaired) electrons. The van der Waals surface area contributed by atoms with Crippen molar-refractivity contribution in [3.8, 4) is 0 Å². The summed E-state index contributed by atoms with van der Waals surface area (Å²) in [5.74, 6) is 0.913. The van der Waals surface area contributed by atoms with Crippen molar-refractivity contribution in [3.63, 3.8) is 0 Å². The van der Waals surface area contributed by atoms with Crippen molar-refractivity contribution in [3.05, 3.63) is 30.0 Å². The van der Waals surface area contributed by atoms with E-state index >= 15 is 0 Å². The molecule has 0 saturated carbocycles. The quantitative estimate of drug-likeness (QED) is 0.865. The van der Waals surface area contributed by atoms with E-state index in [2.05, 4.69) is 29.4 Å². The van der Waals surface area contributed by atoms with E-state index in [0.29, 0.717) is 6.54 Å². The molecule has 0 spiro atoms. The molecule has 2 rings (SSSR count). The van der Waals surface area contributed by atoms with Crippen molar-refractivity contribution in [1.29, 1.82) is 0 Å². The molecule has 0 amide bonds. The number of pyridine rings is 1. The molecule has 2 N–H and O–H groups in total. The van der Waals surface area contributed by atoms with Crippen molar-refractivity contribution in [1.82, 2.24) is 4.98 Å². The smallest absolute Gasteiger partial charge is 0.136 e. The van der Waals surface area contributed by atoms with E-state index < -0.39 is 0 Å². The Morgan fingerprint density at radius 2 is 2.17 bits per heavy atom. The van der Waals surface area contributed by atoms with Crippen LogP contribution in [0.25, 0.3) is 10.8 Å². The molecule has 1 aromatic carbocycles. The van der Waals surface area contributed by atoms with Crippen LogP contribution in [0.5, 0.6) is 0 Å². The Morgan fingerprint density at radius 1 is 1.39 bits per heavy atom. The molecule has 0 aliphatic rings. The van der Waals surface area contributed by atoms with Gasteiger partial charge in [0.15, 0.2) is 0 Å². The number of hydrogen-bond acceptors (Lipinski definition) is 4. The average Bonchev–Trinajstić information content (AvgIpc) is 2.38. The van der Waals surface area contributed by atoms with Crippen LogP contribution in [0.15, 0.2) is 24.4 Å². The maximum Gasteiger partial charge on any atom is 0.136 e.